The normalized spacial score (nSPS) is 9.91. The molecule has 4 heteroatoms. The molecule has 11 heavy (non-hydrogen) atoms. The van der Waals surface area contributed by atoms with E-state index in [-0.39, 0.29) is 6.42 Å². The van der Waals surface area contributed by atoms with Crippen molar-refractivity contribution in [3.63, 3.8) is 0 Å². The van der Waals surface area contributed by atoms with E-state index in [1.54, 1.807) is 0 Å². The minimum absolute atomic E-state index is 0.156. The van der Waals surface area contributed by atoms with Gasteiger partial charge >= 0.3 is 44.1 Å². The molecule has 1 N–H and O–H groups in total. The van der Waals surface area contributed by atoms with Crippen LogP contribution >= 0.6 is 12.6 Å². The first-order chi connectivity index (χ1) is 4.77. The van der Waals surface area contributed by atoms with E-state index in [0.717, 1.165) is 0 Å². The summed E-state index contributed by atoms with van der Waals surface area (Å²) in [6.07, 6.45) is 0.156. The van der Waals surface area contributed by atoms with Crippen LogP contribution < -0.4 is 0 Å². The molecule has 0 unspecified atom stereocenters. The van der Waals surface area contributed by atoms with Crippen LogP contribution in [-0.4, -0.2) is 35.2 Å². The molecular formula is C7H18O2SSn. The second-order valence-corrected chi connectivity index (χ2v) is 21.4. The van der Waals surface area contributed by atoms with E-state index in [2.05, 4.69) is 32.4 Å². The average molecular weight is 285 g/mol. The molecule has 0 heterocycles. The van der Waals surface area contributed by atoms with Crippen molar-refractivity contribution >= 4 is 37.0 Å². The van der Waals surface area contributed by atoms with Crippen LogP contribution in [0.5, 0.6) is 0 Å². The molecule has 0 saturated heterocycles. The van der Waals surface area contributed by atoms with Crippen molar-refractivity contribution in [2.24, 2.45) is 0 Å². The third kappa shape index (κ3) is 60.2. The Morgan fingerprint density at radius 2 is 1.64 bits per heavy atom. The summed E-state index contributed by atoms with van der Waals surface area (Å²) < 4.78 is 0. The quantitative estimate of drug-likeness (QED) is 0.603. The Bertz CT molecular complexity index is 103. The van der Waals surface area contributed by atoms with Crippen molar-refractivity contribution < 1.29 is 9.90 Å². The van der Waals surface area contributed by atoms with Crippen LogP contribution in [0.15, 0.2) is 0 Å². The molecule has 0 aromatic rings. The van der Waals surface area contributed by atoms with Gasteiger partial charge in [0.15, 0.2) is 0 Å². The molecule has 2 nitrogen and oxygen atoms in total. The number of hydrogen-bond acceptors (Lipinski definition) is 2. The zero-order valence-electron chi connectivity index (χ0n) is 7.72. The zero-order valence-corrected chi connectivity index (χ0v) is 11.5. The molecule has 0 aliphatic heterocycles. The Hall–Kier alpha value is 0.619. The number of rotatable bonds is 2. The van der Waals surface area contributed by atoms with Crippen molar-refractivity contribution in [3.05, 3.63) is 0 Å². The standard InChI is InChI=1S/C3H6O2S.4CH3.Sn/c4-3(5)1-2-6;;;;;/h6H,1-2H2,(H,4,5);4*1H3;. The number of carboxylic acids is 1. The molecule has 0 aromatic heterocycles. The van der Waals surface area contributed by atoms with Crippen molar-refractivity contribution in [1.82, 2.24) is 0 Å². The van der Waals surface area contributed by atoms with Gasteiger partial charge < -0.3 is 5.11 Å². The van der Waals surface area contributed by atoms with Crippen molar-refractivity contribution in [2.75, 3.05) is 5.75 Å². The van der Waals surface area contributed by atoms with Gasteiger partial charge in [0.25, 0.3) is 0 Å². The van der Waals surface area contributed by atoms with E-state index >= 15 is 0 Å². The third-order valence-electron chi connectivity index (χ3n) is 0.326. The third-order valence-corrected chi connectivity index (χ3v) is 0.549. The Labute approximate surface area is 78.7 Å². The summed E-state index contributed by atoms with van der Waals surface area (Å²) in [5.74, 6) is -0.361. The van der Waals surface area contributed by atoms with Crippen LogP contribution in [0.2, 0.25) is 19.8 Å². The van der Waals surface area contributed by atoms with Gasteiger partial charge in [0.1, 0.15) is 0 Å². The van der Waals surface area contributed by atoms with E-state index in [9.17, 15) is 4.79 Å². The molecule has 0 amide bonds. The molecule has 0 aliphatic rings. The van der Waals surface area contributed by atoms with Crippen LogP contribution in [0.25, 0.3) is 0 Å². The summed E-state index contributed by atoms with van der Waals surface area (Å²) in [6.45, 7) is 0. The van der Waals surface area contributed by atoms with Gasteiger partial charge in [-0.2, -0.15) is 12.6 Å². The molecule has 0 aromatic carbocycles. The van der Waals surface area contributed by atoms with E-state index < -0.39 is 24.3 Å². The number of thiol groups is 1. The van der Waals surface area contributed by atoms with Crippen LogP contribution in [0.4, 0.5) is 0 Å². The molecule has 0 aliphatic carbocycles. The molecule has 0 atom stereocenters. The first kappa shape index (κ1) is 14.2. The molecule has 0 fully saturated rings. The Balaban J connectivity index is 0. The summed E-state index contributed by atoms with van der Waals surface area (Å²) in [5, 5.41) is 7.86. The minimum atomic E-state index is -1.18. The van der Waals surface area contributed by atoms with Gasteiger partial charge in [0.05, 0.1) is 6.42 Å². The fraction of sp³-hybridized carbons (Fsp3) is 0.857. The van der Waals surface area contributed by atoms with Gasteiger partial charge in [-0.15, -0.1) is 0 Å². The Kier molecular flexibility index (Phi) is 9.37. The second-order valence-electron chi connectivity index (χ2n) is 3.87. The molecule has 0 bridgehead atoms. The summed E-state index contributed by atoms with van der Waals surface area (Å²) in [6, 6.07) is 0. The predicted octanol–water partition coefficient (Wildman–Crippen LogP) is 2.35. The number of carbonyl (C=O) groups is 1. The number of hydrogen-bond donors (Lipinski definition) is 2. The topological polar surface area (TPSA) is 37.3 Å². The Morgan fingerprint density at radius 1 is 1.36 bits per heavy atom. The number of carboxylic acid groups (broad SMARTS) is 1. The molecule has 0 rings (SSSR count). The van der Waals surface area contributed by atoms with Gasteiger partial charge in [-0.25, -0.2) is 0 Å². The van der Waals surface area contributed by atoms with E-state index in [4.69, 9.17) is 5.11 Å². The number of aliphatic carboxylic acids is 1. The van der Waals surface area contributed by atoms with Crippen LogP contribution in [-0.2, 0) is 4.79 Å². The average Bonchev–Trinajstić information content (AvgIpc) is 1.58. The second kappa shape index (κ2) is 7.28. The first-order valence-electron chi connectivity index (χ1n) is 3.60. The molecular weight excluding hydrogens is 267 g/mol. The van der Waals surface area contributed by atoms with Gasteiger partial charge in [0, 0.05) is 5.75 Å². The Morgan fingerprint density at radius 3 is 1.64 bits per heavy atom. The van der Waals surface area contributed by atoms with Crippen LogP contribution in [0.1, 0.15) is 6.42 Å². The van der Waals surface area contributed by atoms with Gasteiger partial charge in [0.2, 0.25) is 0 Å². The maximum atomic E-state index is 9.55. The van der Waals surface area contributed by atoms with E-state index in [1.807, 2.05) is 0 Å². The zero-order chi connectivity index (χ0) is 9.49. The summed E-state index contributed by atoms with van der Waals surface area (Å²) in [5.41, 5.74) is 0. The predicted molar refractivity (Wildman–Crippen MR) is 55.3 cm³/mol. The van der Waals surface area contributed by atoms with Crippen molar-refractivity contribution in [3.8, 4) is 0 Å². The molecule has 0 radical (unpaired) electrons. The summed E-state index contributed by atoms with van der Waals surface area (Å²) in [4.78, 5) is 19.1. The molecule has 68 valence electrons. The van der Waals surface area contributed by atoms with Crippen LogP contribution in [0, 0.1) is 0 Å². The maximum absolute atomic E-state index is 9.55. The van der Waals surface area contributed by atoms with E-state index in [1.165, 1.54) is 0 Å². The van der Waals surface area contributed by atoms with Gasteiger partial charge in [-0.05, 0) is 0 Å². The van der Waals surface area contributed by atoms with Gasteiger partial charge in [-0.1, -0.05) is 0 Å². The molecule has 0 saturated carbocycles. The summed E-state index contributed by atoms with van der Waals surface area (Å²) in [7, 11) is 0. The SMILES string of the molecule is O=C(O)CCS.[CH3][Sn]([CH3])([CH3])[CH3]. The molecule has 0 spiro atoms. The summed E-state index contributed by atoms with van der Waals surface area (Å²) >= 11 is 2.50. The van der Waals surface area contributed by atoms with Crippen molar-refractivity contribution in [2.45, 2.75) is 26.2 Å². The fourth-order valence-electron chi connectivity index (χ4n) is 0.0956. The first-order valence-corrected chi connectivity index (χ1v) is 15.6. The van der Waals surface area contributed by atoms with Crippen LogP contribution in [0.3, 0.4) is 0 Å². The van der Waals surface area contributed by atoms with Crippen molar-refractivity contribution in [1.29, 1.82) is 0 Å². The fourth-order valence-corrected chi connectivity index (χ4v) is 0.287. The van der Waals surface area contributed by atoms with E-state index in [0.29, 0.717) is 5.75 Å². The monoisotopic (exact) mass is 286 g/mol. The van der Waals surface area contributed by atoms with Gasteiger partial charge in [-0.3, -0.25) is 4.79 Å².